The number of amides is 2. The maximum absolute atomic E-state index is 13.7. The summed E-state index contributed by atoms with van der Waals surface area (Å²) in [6, 6.07) is 7.61. The van der Waals surface area contributed by atoms with E-state index in [4.69, 9.17) is 4.74 Å². The van der Waals surface area contributed by atoms with Gasteiger partial charge >= 0.3 is 0 Å². The van der Waals surface area contributed by atoms with Crippen molar-refractivity contribution < 1.29 is 14.3 Å². The molecule has 1 fully saturated rings. The van der Waals surface area contributed by atoms with Crippen LogP contribution in [0.2, 0.25) is 0 Å². The van der Waals surface area contributed by atoms with E-state index in [2.05, 4.69) is 15.3 Å². The molecular formula is C24H31N5O3. The lowest BCUT2D eigenvalue weighted by Crippen LogP contribution is -2.42. The van der Waals surface area contributed by atoms with E-state index >= 15 is 0 Å². The molecule has 2 aliphatic heterocycles. The molecule has 0 atom stereocenters. The highest BCUT2D eigenvalue weighted by Gasteiger charge is 2.28. The van der Waals surface area contributed by atoms with Crippen molar-refractivity contribution in [2.24, 2.45) is 5.92 Å². The van der Waals surface area contributed by atoms with Gasteiger partial charge in [-0.2, -0.15) is 4.98 Å². The van der Waals surface area contributed by atoms with Crippen LogP contribution >= 0.6 is 0 Å². The lowest BCUT2D eigenvalue weighted by Gasteiger charge is -2.34. The van der Waals surface area contributed by atoms with E-state index in [0.717, 1.165) is 43.7 Å². The molecule has 0 radical (unpaired) electrons. The fourth-order valence-electron chi connectivity index (χ4n) is 4.27. The van der Waals surface area contributed by atoms with Gasteiger partial charge in [0.2, 0.25) is 11.9 Å². The Hall–Kier alpha value is -3.16. The number of rotatable bonds is 6. The van der Waals surface area contributed by atoms with Crippen LogP contribution in [0, 0.1) is 5.92 Å². The van der Waals surface area contributed by atoms with Crippen LogP contribution in [0.1, 0.15) is 49.5 Å². The SMILES string of the molecule is CC(=O)N1CCC(CN(C(=O)c2ccc3c(c2)CCO3)c2ccnc(NC(C)C)n2)CC1. The summed E-state index contributed by atoms with van der Waals surface area (Å²) >= 11 is 0. The highest BCUT2D eigenvalue weighted by Crippen LogP contribution is 2.28. The first-order valence-electron chi connectivity index (χ1n) is 11.3. The summed E-state index contributed by atoms with van der Waals surface area (Å²) in [5.41, 5.74) is 1.70. The molecule has 2 amide bonds. The predicted octanol–water partition coefficient (Wildman–Crippen LogP) is 3.14. The number of hydrogen-bond acceptors (Lipinski definition) is 6. The van der Waals surface area contributed by atoms with Crippen molar-refractivity contribution in [3.63, 3.8) is 0 Å². The molecule has 4 rings (SSSR count). The summed E-state index contributed by atoms with van der Waals surface area (Å²) in [6.07, 6.45) is 4.23. The van der Waals surface area contributed by atoms with Gasteiger partial charge < -0.3 is 15.0 Å². The Balaban J connectivity index is 1.59. The molecule has 0 aliphatic carbocycles. The van der Waals surface area contributed by atoms with Crippen molar-refractivity contribution in [2.45, 2.75) is 46.1 Å². The zero-order valence-corrected chi connectivity index (χ0v) is 19.0. The second-order valence-corrected chi connectivity index (χ2v) is 8.82. The van der Waals surface area contributed by atoms with E-state index in [1.54, 1.807) is 24.1 Å². The van der Waals surface area contributed by atoms with Crippen molar-refractivity contribution in [1.29, 1.82) is 0 Å². The second kappa shape index (κ2) is 9.54. The predicted molar refractivity (Wildman–Crippen MR) is 123 cm³/mol. The van der Waals surface area contributed by atoms with Crippen molar-refractivity contribution >= 4 is 23.6 Å². The minimum atomic E-state index is -0.0807. The smallest absolute Gasteiger partial charge is 0.259 e. The molecule has 2 aliphatic rings. The Labute approximate surface area is 189 Å². The third-order valence-corrected chi connectivity index (χ3v) is 6.02. The maximum atomic E-state index is 13.7. The van der Waals surface area contributed by atoms with E-state index in [9.17, 15) is 9.59 Å². The molecule has 0 saturated carbocycles. The molecular weight excluding hydrogens is 406 g/mol. The van der Waals surface area contributed by atoms with Crippen molar-refractivity contribution in [3.05, 3.63) is 41.6 Å². The third-order valence-electron chi connectivity index (χ3n) is 6.02. The number of likely N-dealkylation sites (tertiary alicyclic amines) is 1. The second-order valence-electron chi connectivity index (χ2n) is 8.82. The van der Waals surface area contributed by atoms with Crippen molar-refractivity contribution in [3.8, 4) is 5.75 Å². The first-order valence-corrected chi connectivity index (χ1v) is 11.3. The molecule has 1 saturated heterocycles. The molecule has 2 aromatic rings. The molecule has 170 valence electrons. The van der Waals surface area contributed by atoms with E-state index in [-0.39, 0.29) is 17.9 Å². The van der Waals surface area contributed by atoms with Gasteiger partial charge in [-0.3, -0.25) is 14.5 Å². The largest absolute Gasteiger partial charge is 0.493 e. The Morgan fingerprint density at radius 2 is 2.03 bits per heavy atom. The molecule has 3 heterocycles. The van der Waals surface area contributed by atoms with Gasteiger partial charge in [-0.05, 0) is 62.4 Å². The molecule has 0 bridgehead atoms. The van der Waals surface area contributed by atoms with Gasteiger partial charge in [0.1, 0.15) is 11.6 Å². The molecule has 0 spiro atoms. The lowest BCUT2D eigenvalue weighted by atomic mass is 9.95. The standard InChI is InChI=1S/C24H31N5O3/c1-16(2)26-24-25-10-6-22(27-24)29(15-18-7-11-28(12-8-18)17(3)30)23(31)20-4-5-21-19(14-20)9-13-32-21/h4-6,10,14,16,18H,7-9,11-13,15H2,1-3H3,(H,25,26,27). The zero-order valence-electron chi connectivity index (χ0n) is 19.0. The number of ether oxygens (including phenoxy) is 1. The van der Waals surface area contributed by atoms with E-state index in [0.29, 0.717) is 36.4 Å². The summed E-state index contributed by atoms with van der Waals surface area (Å²) in [6.45, 7) is 8.31. The quantitative estimate of drug-likeness (QED) is 0.747. The Kier molecular flexibility index (Phi) is 6.58. The highest BCUT2D eigenvalue weighted by molar-refractivity contribution is 6.05. The number of nitrogens with one attached hydrogen (secondary N) is 1. The first-order chi connectivity index (χ1) is 15.4. The van der Waals surface area contributed by atoms with Crippen molar-refractivity contribution in [2.75, 3.05) is 36.5 Å². The number of aromatic nitrogens is 2. The summed E-state index contributed by atoms with van der Waals surface area (Å²) in [4.78, 5) is 37.9. The van der Waals surface area contributed by atoms with Crippen LogP contribution in [0.3, 0.4) is 0 Å². The van der Waals surface area contributed by atoms with E-state index < -0.39 is 0 Å². The Morgan fingerprint density at radius 1 is 1.25 bits per heavy atom. The van der Waals surface area contributed by atoms with Gasteiger partial charge in [-0.1, -0.05) is 0 Å². The van der Waals surface area contributed by atoms with Gasteiger partial charge in [0, 0.05) is 50.8 Å². The average Bonchev–Trinajstić information content (AvgIpc) is 3.25. The molecule has 8 nitrogen and oxygen atoms in total. The number of anilines is 2. The van der Waals surface area contributed by atoms with Gasteiger partial charge in [-0.25, -0.2) is 4.98 Å². The topological polar surface area (TPSA) is 87.7 Å². The van der Waals surface area contributed by atoms with Crippen LogP contribution in [-0.4, -0.2) is 59.0 Å². The van der Waals surface area contributed by atoms with Crippen molar-refractivity contribution in [1.82, 2.24) is 14.9 Å². The first kappa shape index (κ1) is 22.0. The fourth-order valence-corrected chi connectivity index (χ4v) is 4.27. The molecule has 1 N–H and O–H groups in total. The number of hydrogen-bond donors (Lipinski definition) is 1. The molecule has 8 heteroatoms. The van der Waals surface area contributed by atoms with Gasteiger partial charge in [0.15, 0.2) is 0 Å². The van der Waals surface area contributed by atoms with Crippen LogP contribution in [0.4, 0.5) is 11.8 Å². The fraction of sp³-hybridized carbons (Fsp3) is 0.500. The number of fused-ring (bicyclic) bond motifs is 1. The molecule has 0 unspecified atom stereocenters. The number of benzene rings is 1. The van der Waals surface area contributed by atoms with E-state index in [1.807, 2.05) is 36.9 Å². The van der Waals surface area contributed by atoms with Crippen LogP contribution < -0.4 is 15.0 Å². The van der Waals surface area contributed by atoms with Crippen LogP contribution in [0.15, 0.2) is 30.5 Å². The number of piperidine rings is 1. The zero-order chi connectivity index (χ0) is 22.7. The molecule has 1 aromatic carbocycles. The molecule has 32 heavy (non-hydrogen) atoms. The molecule has 1 aromatic heterocycles. The minimum Gasteiger partial charge on any atom is -0.493 e. The number of nitrogens with zero attached hydrogens (tertiary/aromatic N) is 4. The summed E-state index contributed by atoms with van der Waals surface area (Å²) < 4.78 is 5.60. The monoisotopic (exact) mass is 437 g/mol. The Bertz CT molecular complexity index is 985. The summed E-state index contributed by atoms with van der Waals surface area (Å²) in [5, 5.41) is 3.21. The summed E-state index contributed by atoms with van der Waals surface area (Å²) in [7, 11) is 0. The van der Waals surface area contributed by atoms with Gasteiger partial charge in [0.25, 0.3) is 5.91 Å². The third kappa shape index (κ3) is 5.00. The highest BCUT2D eigenvalue weighted by atomic mass is 16.5. The van der Waals surface area contributed by atoms with Gasteiger partial charge in [-0.15, -0.1) is 0 Å². The normalized spacial score (nSPS) is 15.9. The van der Waals surface area contributed by atoms with Crippen LogP contribution in [-0.2, 0) is 11.2 Å². The van der Waals surface area contributed by atoms with Gasteiger partial charge in [0.05, 0.1) is 6.61 Å². The van der Waals surface area contributed by atoms with E-state index in [1.165, 1.54) is 0 Å². The van der Waals surface area contributed by atoms with Crippen LogP contribution in [0.5, 0.6) is 5.75 Å². The Morgan fingerprint density at radius 3 is 2.75 bits per heavy atom. The number of carbonyl (C=O) groups excluding carboxylic acids is 2. The minimum absolute atomic E-state index is 0.0807. The number of carbonyl (C=O) groups is 2. The average molecular weight is 438 g/mol. The summed E-state index contributed by atoms with van der Waals surface area (Å²) in [5.74, 6) is 2.27. The lowest BCUT2D eigenvalue weighted by molar-refractivity contribution is -0.130. The van der Waals surface area contributed by atoms with Crippen LogP contribution in [0.25, 0.3) is 0 Å². The maximum Gasteiger partial charge on any atom is 0.259 e.